The minimum atomic E-state index is -0.162. The van der Waals surface area contributed by atoms with Crippen LogP contribution >= 0.6 is 11.6 Å². The minimum Gasteiger partial charge on any atom is -0.378 e. The van der Waals surface area contributed by atoms with Crippen LogP contribution in [0, 0.1) is 0 Å². The van der Waals surface area contributed by atoms with Crippen molar-refractivity contribution in [3.8, 4) is 0 Å². The molecule has 0 unspecified atom stereocenters. The van der Waals surface area contributed by atoms with E-state index in [0.29, 0.717) is 18.8 Å². The zero-order chi connectivity index (χ0) is 10.4. The summed E-state index contributed by atoms with van der Waals surface area (Å²) >= 11 is 5.51. The van der Waals surface area contributed by atoms with Gasteiger partial charge in [-0.3, -0.25) is 4.79 Å². The van der Waals surface area contributed by atoms with E-state index in [9.17, 15) is 4.79 Å². The number of rotatable bonds is 6. The molecule has 0 saturated heterocycles. The quantitative estimate of drug-likeness (QED) is 0.546. The molecule has 0 aromatic heterocycles. The summed E-state index contributed by atoms with van der Waals surface area (Å²) in [6, 6.07) is 0. The highest BCUT2D eigenvalue weighted by Crippen LogP contribution is 2.37. The normalized spacial score (nSPS) is 18.7. The summed E-state index contributed by atoms with van der Waals surface area (Å²) in [4.78, 5) is 11.5. The average molecular weight is 220 g/mol. The zero-order valence-corrected chi connectivity index (χ0v) is 9.40. The molecular formula is C10H18ClNO2. The van der Waals surface area contributed by atoms with Crippen molar-refractivity contribution in [3.05, 3.63) is 0 Å². The molecule has 1 saturated carbocycles. The summed E-state index contributed by atoms with van der Waals surface area (Å²) in [5.41, 5.74) is -0.162. The first-order valence-corrected chi connectivity index (χ1v) is 5.64. The Labute approximate surface area is 90.1 Å². The summed E-state index contributed by atoms with van der Waals surface area (Å²) in [5, 5.41) is 2.84. The number of methoxy groups -OCH3 is 1. The molecule has 0 atom stereocenters. The average Bonchev–Trinajstić information content (AvgIpc) is 2.12. The molecule has 0 aliphatic heterocycles. The maximum absolute atomic E-state index is 11.5. The van der Waals surface area contributed by atoms with Crippen molar-refractivity contribution in [2.45, 2.75) is 37.7 Å². The van der Waals surface area contributed by atoms with Gasteiger partial charge in [0.15, 0.2) is 0 Å². The third-order valence-electron chi connectivity index (χ3n) is 2.81. The number of halogens is 1. The van der Waals surface area contributed by atoms with Gasteiger partial charge in [-0.2, -0.15) is 0 Å². The molecule has 1 fully saturated rings. The molecular weight excluding hydrogens is 202 g/mol. The van der Waals surface area contributed by atoms with Gasteiger partial charge in [-0.15, -0.1) is 11.6 Å². The standard InChI is InChI=1S/C10H18ClNO2/c1-14-10(4-2-5-10)8-9(13)12-7-3-6-11/h2-8H2,1H3,(H,12,13). The van der Waals surface area contributed by atoms with E-state index in [2.05, 4.69) is 5.32 Å². The Morgan fingerprint density at radius 2 is 2.29 bits per heavy atom. The fraction of sp³-hybridized carbons (Fsp3) is 0.900. The van der Waals surface area contributed by atoms with Crippen LogP contribution in [0.5, 0.6) is 0 Å². The van der Waals surface area contributed by atoms with Crippen molar-refractivity contribution in [2.24, 2.45) is 0 Å². The van der Waals surface area contributed by atoms with Crippen LogP contribution in [0.3, 0.4) is 0 Å². The SMILES string of the molecule is COC1(CC(=O)NCCCCl)CCC1. The van der Waals surface area contributed by atoms with Crippen LogP contribution in [-0.4, -0.2) is 31.0 Å². The number of ether oxygens (including phenoxy) is 1. The molecule has 0 radical (unpaired) electrons. The Morgan fingerprint density at radius 1 is 1.57 bits per heavy atom. The number of hydrogen-bond acceptors (Lipinski definition) is 2. The molecule has 1 amide bonds. The van der Waals surface area contributed by atoms with E-state index in [1.54, 1.807) is 7.11 Å². The molecule has 82 valence electrons. The maximum Gasteiger partial charge on any atom is 0.222 e. The van der Waals surface area contributed by atoms with Crippen molar-refractivity contribution in [1.82, 2.24) is 5.32 Å². The van der Waals surface area contributed by atoms with Gasteiger partial charge in [0, 0.05) is 19.5 Å². The maximum atomic E-state index is 11.5. The first-order chi connectivity index (χ1) is 6.72. The Balaban J connectivity index is 2.18. The summed E-state index contributed by atoms with van der Waals surface area (Å²) in [5.74, 6) is 0.673. The molecule has 3 nitrogen and oxygen atoms in total. The summed E-state index contributed by atoms with van der Waals surface area (Å²) in [6.07, 6.45) is 4.50. The van der Waals surface area contributed by atoms with Crippen LogP contribution in [0.25, 0.3) is 0 Å². The van der Waals surface area contributed by atoms with Crippen molar-refractivity contribution >= 4 is 17.5 Å². The Kier molecular flexibility index (Phi) is 4.69. The molecule has 0 aromatic carbocycles. The van der Waals surface area contributed by atoms with Gasteiger partial charge in [0.05, 0.1) is 12.0 Å². The topological polar surface area (TPSA) is 38.3 Å². The highest BCUT2D eigenvalue weighted by Gasteiger charge is 2.38. The molecule has 1 aliphatic rings. The molecule has 0 aromatic rings. The van der Waals surface area contributed by atoms with Crippen LogP contribution in [0.1, 0.15) is 32.1 Å². The summed E-state index contributed by atoms with van der Waals surface area (Å²) in [7, 11) is 1.69. The lowest BCUT2D eigenvalue weighted by Crippen LogP contribution is -2.44. The number of carbonyl (C=O) groups is 1. The lowest BCUT2D eigenvalue weighted by atomic mass is 9.77. The van der Waals surface area contributed by atoms with Crippen LogP contribution in [0.2, 0.25) is 0 Å². The van der Waals surface area contributed by atoms with E-state index in [-0.39, 0.29) is 11.5 Å². The number of nitrogens with one attached hydrogen (secondary N) is 1. The summed E-state index contributed by atoms with van der Waals surface area (Å²) < 4.78 is 5.36. The van der Waals surface area contributed by atoms with E-state index in [4.69, 9.17) is 16.3 Å². The van der Waals surface area contributed by atoms with Gasteiger partial charge in [-0.05, 0) is 25.7 Å². The van der Waals surface area contributed by atoms with Crippen molar-refractivity contribution in [2.75, 3.05) is 19.5 Å². The second kappa shape index (κ2) is 5.56. The van der Waals surface area contributed by atoms with E-state index in [0.717, 1.165) is 19.3 Å². The number of carbonyl (C=O) groups excluding carboxylic acids is 1. The molecule has 0 bridgehead atoms. The largest absolute Gasteiger partial charge is 0.378 e. The summed E-state index contributed by atoms with van der Waals surface area (Å²) in [6.45, 7) is 0.669. The van der Waals surface area contributed by atoms with Crippen LogP contribution in [0.15, 0.2) is 0 Å². The molecule has 14 heavy (non-hydrogen) atoms. The predicted molar refractivity (Wildman–Crippen MR) is 56.6 cm³/mol. The van der Waals surface area contributed by atoms with Gasteiger partial charge < -0.3 is 10.1 Å². The first-order valence-electron chi connectivity index (χ1n) is 5.10. The molecule has 1 N–H and O–H groups in total. The van der Waals surface area contributed by atoms with E-state index in [1.807, 2.05) is 0 Å². The monoisotopic (exact) mass is 219 g/mol. The fourth-order valence-electron chi connectivity index (χ4n) is 1.67. The van der Waals surface area contributed by atoms with E-state index < -0.39 is 0 Å². The van der Waals surface area contributed by atoms with Crippen LogP contribution in [-0.2, 0) is 9.53 Å². The third kappa shape index (κ3) is 3.14. The zero-order valence-electron chi connectivity index (χ0n) is 8.64. The third-order valence-corrected chi connectivity index (χ3v) is 3.08. The molecule has 4 heteroatoms. The number of amides is 1. The van der Waals surface area contributed by atoms with Gasteiger partial charge in [0.1, 0.15) is 0 Å². The van der Waals surface area contributed by atoms with Gasteiger partial charge in [0.2, 0.25) is 5.91 Å². The highest BCUT2D eigenvalue weighted by atomic mass is 35.5. The molecule has 0 spiro atoms. The second-order valence-corrected chi connectivity index (χ2v) is 4.19. The van der Waals surface area contributed by atoms with Crippen molar-refractivity contribution in [3.63, 3.8) is 0 Å². The van der Waals surface area contributed by atoms with Gasteiger partial charge in [0.25, 0.3) is 0 Å². The Hall–Kier alpha value is -0.280. The van der Waals surface area contributed by atoms with Crippen LogP contribution in [0.4, 0.5) is 0 Å². The van der Waals surface area contributed by atoms with Gasteiger partial charge in [-0.25, -0.2) is 0 Å². The molecule has 1 aliphatic carbocycles. The molecule has 1 rings (SSSR count). The number of alkyl halides is 1. The smallest absolute Gasteiger partial charge is 0.222 e. The van der Waals surface area contributed by atoms with E-state index in [1.165, 1.54) is 6.42 Å². The van der Waals surface area contributed by atoms with Crippen molar-refractivity contribution < 1.29 is 9.53 Å². The Morgan fingerprint density at radius 3 is 2.71 bits per heavy atom. The lowest BCUT2D eigenvalue weighted by Gasteiger charge is -2.39. The first kappa shape index (κ1) is 11.8. The molecule has 0 heterocycles. The van der Waals surface area contributed by atoms with Gasteiger partial charge in [-0.1, -0.05) is 0 Å². The fourth-order valence-corrected chi connectivity index (χ4v) is 1.81. The highest BCUT2D eigenvalue weighted by molar-refractivity contribution is 6.17. The van der Waals surface area contributed by atoms with Crippen LogP contribution < -0.4 is 5.32 Å². The van der Waals surface area contributed by atoms with Gasteiger partial charge >= 0.3 is 0 Å². The van der Waals surface area contributed by atoms with E-state index >= 15 is 0 Å². The second-order valence-electron chi connectivity index (χ2n) is 3.81. The number of hydrogen-bond donors (Lipinski definition) is 1. The van der Waals surface area contributed by atoms with Crippen molar-refractivity contribution in [1.29, 1.82) is 0 Å². The lowest BCUT2D eigenvalue weighted by molar-refractivity contribution is -0.134. The minimum absolute atomic E-state index is 0.0802. The predicted octanol–water partition coefficient (Wildman–Crippen LogP) is 1.69. The Bertz CT molecular complexity index is 187.